The highest BCUT2D eigenvalue weighted by Crippen LogP contribution is 2.37. The van der Waals surface area contributed by atoms with Crippen LogP contribution in [0.25, 0.3) is 0 Å². The van der Waals surface area contributed by atoms with E-state index in [9.17, 15) is 4.79 Å². The van der Waals surface area contributed by atoms with Crippen LogP contribution >= 0.6 is 0 Å². The first kappa shape index (κ1) is 11.9. The molecule has 1 aliphatic carbocycles. The van der Waals surface area contributed by atoms with E-state index < -0.39 is 0 Å². The molecule has 1 heterocycles. The molecule has 0 bridgehead atoms. The standard InChI is InChI=1S/C13H18N2O2/c1-3-17-13(16)11-5-4-6-14-12(11)15-8-10-7-9(10)2/h4-6,9-10H,3,7-8H2,1-2H3,(H,14,15). The summed E-state index contributed by atoms with van der Waals surface area (Å²) in [5.74, 6) is 1.82. The normalized spacial score (nSPS) is 22.0. The largest absolute Gasteiger partial charge is 0.462 e. The summed E-state index contributed by atoms with van der Waals surface area (Å²) in [4.78, 5) is 15.9. The fourth-order valence-corrected chi connectivity index (χ4v) is 1.83. The molecule has 2 rings (SSSR count). The third-order valence-corrected chi connectivity index (χ3v) is 3.11. The number of nitrogens with zero attached hydrogens (tertiary/aromatic N) is 1. The number of nitrogens with one attached hydrogen (secondary N) is 1. The Morgan fingerprint density at radius 1 is 1.65 bits per heavy atom. The lowest BCUT2D eigenvalue weighted by Gasteiger charge is -2.09. The van der Waals surface area contributed by atoms with Crippen molar-refractivity contribution in [2.24, 2.45) is 11.8 Å². The van der Waals surface area contributed by atoms with Gasteiger partial charge >= 0.3 is 5.97 Å². The van der Waals surface area contributed by atoms with Crippen LogP contribution < -0.4 is 5.32 Å². The second-order valence-electron chi connectivity index (χ2n) is 4.47. The molecule has 1 aliphatic rings. The second-order valence-corrected chi connectivity index (χ2v) is 4.47. The number of esters is 1. The smallest absolute Gasteiger partial charge is 0.341 e. The Balaban J connectivity index is 2.02. The van der Waals surface area contributed by atoms with Gasteiger partial charge in [0.25, 0.3) is 0 Å². The minimum Gasteiger partial charge on any atom is -0.462 e. The van der Waals surface area contributed by atoms with E-state index in [0.717, 1.165) is 12.5 Å². The van der Waals surface area contributed by atoms with Gasteiger partial charge in [-0.15, -0.1) is 0 Å². The molecule has 1 aromatic rings. The number of hydrogen-bond acceptors (Lipinski definition) is 4. The molecule has 1 N–H and O–H groups in total. The monoisotopic (exact) mass is 234 g/mol. The molecule has 1 aromatic heterocycles. The minimum atomic E-state index is -0.313. The highest BCUT2D eigenvalue weighted by Gasteiger charge is 2.32. The van der Waals surface area contributed by atoms with Crippen LogP contribution in [0, 0.1) is 11.8 Å². The quantitative estimate of drug-likeness (QED) is 0.794. The van der Waals surface area contributed by atoms with Crippen molar-refractivity contribution in [2.75, 3.05) is 18.5 Å². The predicted molar refractivity (Wildman–Crippen MR) is 66.0 cm³/mol. The van der Waals surface area contributed by atoms with Crippen LogP contribution in [0.15, 0.2) is 18.3 Å². The first-order chi connectivity index (χ1) is 8.22. The van der Waals surface area contributed by atoms with Crippen molar-refractivity contribution in [3.05, 3.63) is 23.9 Å². The average Bonchev–Trinajstić information content (AvgIpc) is 3.03. The number of anilines is 1. The van der Waals surface area contributed by atoms with E-state index in [0.29, 0.717) is 23.9 Å². The maximum absolute atomic E-state index is 11.7. The van der Waals surface area contributed by atoms with Gasteiger partial charge in [-0.2, -0.15) is 0 Å². The zero-order valence-electron chi connectivity index (χ0n) is 10.3. The summed E-state index contributed by atoms with van der Waals surface area (Å²) in [6.45, 7) is 5.29. The molecule has 2 unspecified atom stereocenters. The van der Waals surface area contributed by atoms with Crippen LogP contribution in [-0.2, 0) is 4.74 Å². The van der Waals surface area contributed by atoms with Crippen molar-refractivity contribution >= 4 is 11.8 Å². The van der Waals surface area contributed by atoms with Crippen molar-refractivity contribution in [3.63, 3.8) is 0 Å². The van der Waals surface area contributed by atoms with E-state index in [1.807, 2.05) is 0 Å². The van der Waals surface area contributed by atoms with E-state index in [1.165, 1.54) is 6.42 Å². The van der Waals surface area contributed by atoms with Gasteiger partial charge in [0.05, 0.1) is 6.61 Å². The number of pyridine rings is 1. The summed E-state index contributed by atoms with van der Waals surface area (Å²) in [6, 6.07) is 3.49. The molecule has 0 spiro atoms. The van der Waals surface area contributed by atoms with Crippen LogP contribution in [0.5, 0.6) is 0 Å². The van der Waals surface area contributed by atoms with Gasteiger partial charge in [0.1, 0.15) is 11.4 Å². The van der Waals surface area contributed by atoms with Crippen molar-refractivity contribution in [3.8, 4) is 0 Å². The molecule has 17 heavy (non-hydrogen) atoms. The number of ether oxygens (including phenoxy) is 1. The van der Waals surface area contributed by atoms with E-state index in [-0.39, 0.29) is 5.97 Å². The molecule has 0 aromatic carbocycles. The Morgan fingerprint density at radius 2 is 2.41 bits per heavy atom. The third-order valence-electron chi connectivity index (χ3n) is 3.11. The molecule has 92 valence electrons. The second kappa shape index (κ2) is 5.17. The summed E-state index contributed by atoms with van der Waals surface area (Å²) < 4.78 is 4.99. The van der Waals surface area contributed by atoms with Crippen molar-refractivity contribution in [2.45, 2.75) is 20.3 Å². The molecule has 4 heteroatoms. The van der Waals surface area contributed by atoms with Crippen molar-refractivity contribution in [1.29, 1.82) is 0 Å². The molecule has 2 atom stereocenters. The van der Waals surface area contributed by atoms with Gasteiger partial charge in [0.15, 0.2) is 0 Å². The molecule has 0 aliphatic heterocycles. The first-order valence-electron chi connectivity index (χ1n) is 6.08. The van der Waals surface area contributed by atoms with Gasteiger partial charge in [-0.05, 0) is 37.3 Å². The van der Waals surface area contributed by atoms with Gasteiger partial charge < -0.3 is 10.1 Å². The Hall–Kier alpha value is -1.58. The Bertz CT molecular complexity index is 406. The van der Waals surface area contributed by atoms with Crippen LogP contribution in [0.4, 0.5) is 5.82 Å². The summed E-state index contributed by atoms with van der Waals surface area (Å²) >= 11 is 0. The fraction of sp³-hybridized carbons (Fsp3) is 0.538. The Labute approximate surface area is 101 Å². The summed E-state index contributed by atoms with van der Waals surface area (Å²) in [5.41, 5.74) is 0.516. The van der Waals surface area contributed by atoms with Crippen LogP contribution in [-0.4, -0.2) is 24.1 Å². The zero-order chi connectivity index (χ0) is 12.3. The van der Waals surface area contributed by atoms with Crippen LogP contribution in [0.2, 0.25) is 0 Å². The van der Waals surface area contributed by atoms with Gasteiger partial charge in [-0.1, -0.05) is 6.92 Å². The molecule has 1 fully saturated rings. The van der Waals surface area contributed by atoms with Crippen molar-refractivity contribution in [1.82, 2.24) is 4.98 Å². The van der Waals surface area contributed by atoms with E-state index in [2.05, 4.69) is 17.2 Å². The molecule has 1 saturated carbocycles. The third kappa shape index (κ3) is 2.96. The molecule has 0 radical (unpaired) electrons. The highest BCUT2D eigenvalue weighted by atomic mass is 16.5. The summed E-state index contributed by atoms with van der Waals surface area (Å²) in [7, 11) is 0. The Morgan fingerprint density at radius 3 is 3.06 bits per heavy atom. The number of hydrogen-bond donors (Lipinski definition) is 1. The Kier molecular flexibility index (Phi) is 3.61. The number of aromatic nitrogens is 1. The van der Waals surface area contributed by atoms with E-state index in [4.69, 9.17) is 4.74 Å². The maximum Gasteiger partial charge on any atom is 0.341 e. The summed E-state index contributed by atoms with van der Waals surface area (Å²) in [6.07, 6.45) is 2.94. The highest BCUT2D eigenvalue weighted by molar-refractivity contribution is 5.94. The van der Waals surface area contributed by atoms with Crippen LogP contribution in [0.1, 0.15) is 30.6 Å². The van der Waals surface area contributed by atoms with Gasteiger partial charge in [0.2, 0.25) is 0 Å². The minimum absolute atomic E-state index is 0.313. The molecular formula is C13H18N2O2. The van der Waals surface area contributed by atoms with Gasteiger partial charge in [-0.25, -0.2) is 9.78 Å². The lowest BCUT2D eigenvalue weighted by Crippen LogP contribution is -2.13. The molecule has 0 saturated heterocycles. The van der Waals surface area contributed by atoms with E-state index in [1.54, 1.807) is 25.3 Å². The zero-order valence-corrected chi connectivity index (χ0v) is 10.3. The lowest BCUT2D eigenvalue weighted by molar-refractivity contribution is 0.0527. The lowest BCUT2D eigenvalue weighted by atomic mass is 10.2. The maximum atomic E-state index is 11.7. The molecular weight excluding hydrogens is 216 g/mol. The summed E-state index contributed by atoms with van der Waals surface area (Å²) in [5, 5.41) is 3.23. The molecule has 0 amide bonds. The first-order valence-corrected chi connectivity index (χ1v) is 6.08. The van der Waals surface area contributed by atoms with Crippen LogP contribution in [0.3, 0.4) is 0 Å². The average molecular weight is 234 g/mol. The predicted octanol–water partition coefficient (Wildman–Crippen LogP) is 2.33. The van der Waals surface area contributed by atoms with Gasteiger partial charge in [0, 0.05) is 12.7 Å². The number of rotatable bonds is 5. The SMILES string of the molecule is CCOC(=O)c1cccnc1NCC1CC1C. The number of carbonyl (C=O) groups excluding carboxylic acids is 1. The van der Waals surface area contributed by atoms with Gasteiger partial charge in [-0.3, -0.25) is 0 Å². The number of carbonyl (C=O) groups is 1. The van der Waals surface area contributed by atoms with E-state index >= 15 is 0 Å². The van der Waals surface area contributed by atoms with Crippen molar-refractivity contribution < 1.29 is 9.53 Å². The fourth-order valence-electron chi connectivity index (χ4n) is 1.83. The molecule has 4 nitrogen and oxygen atoms in total. The topological polar surface area (TPSA) is 51.2 Å².